The molecule has 1 aliphatic rings. The van der Waals surface area contributed by atoms with Gasteiger partial charge in [-0.05, 0) is 44.0 Å². The molecule has 0 atom stereocenters. The molecule has 2 heterocycles. The highest BCUT2D eigenvalue weighted by molar-refractivity contribution is 7.10. The molecule has 0 saturated carbocycles. The predicted molar refractivity (Wildman–Crippen MR) is 139 cm³/mol. The average Bonchev–Trinajstić information content (AvgIpc) is 3.27. The standard InChI is InChI=1S/C19H24N4O2S.C4H6.C2H2/c1-13-9-16(11-26-13)23-7-5-14(6-8-23)19(25)22-15-3-4-17(20-2)18(10-15)21-12-24;1-3-4-2;1-2/h3-4,9-12,14,20H,5-8H2,1-2H3,(H,21,24)(H,22,25);3-4H,1-2H2;1-2H. The fourth-order valence-electron chi connectivity index (χ4n) is 3.26. The molecule has 2 aromatic rings. The number of allylic oxidation sites excluding steroid dienone is 2. The second kappa shape index (κ2) is 14.5. The summed E-state index contributed by atoms with van der Waals surface area (Å²) in [7, 11) is 1.78. The zero-order chi connectivity index (χ0) is 23.9. The molecular formula is C25H32N4O2S. The Morgan fingerprint density at radius 2 is 1.81 bits per heavy atom. The van der Waals surface area contributed by atoms with Crippen LogP contribution in [0.1, 0.15) is 17.7 Å². The van der Waals surface area contributed by atoms with E-state index in [0.29, 0.717) is 17.8 Å². The third-order valence-corrected chi connectivity index (χ3v) is 5.73. The number of hydrogen-bond donors (Lipinski definition) is 3. The molecule has 0 unspecified atom stereocenters. The van der Waals surface area contributed by atoms with Crippen molar-refractivity contribution >= 4 is 46.4 Å². The van der Waals surface area contributed by atoms with Crippen LogP contribution in [0, 0.1) is 25.7 Å². The Hall–Kier alpha value is -3.50. The first-order valence-corrected chi connectivity index (χ1v) is 11.1. The SMILES string of the molecule is C#C.C=CC=C.CNc1ccc(NC(=O)C2CCN(c3csc(C)c3)CC2)cc1NC=O. The molecule has 1 aromatic heterocycles. The van der Waals surface area contributed by atoms with Crippen LogP contribution >= 0.6 is 11.3 Å². The van der Waals surface area contributed by atoms with Gasteiger partial charge in [-0.15, -0.1) is 24.2 Å². The van der Waals surface area contributed by atoms with Crippen LogP contribution in [0.5, 0.6) is 0 Å². The Labute approximate surface area is 195 Å². The van der Waals surface area contributed by atoms with Crippen molar-refractivity contribution in [2.45, 2.75) is 19.8 Å². The van der Waals surface area contributed by atoms with Gasteiger partial charge in [-0.25, -0.2) is 0 Å². The minimum Gasteiger partial charge on any atom is -0.386 e. The molecule has 7 heteroatoms. The maximum Gasteiger partial charge on any atom is 0.227 e. The smallest absolute Gasteiger partial charge is 0.227 e. The van der Waals surface area contributed by atoms with E-state index in [-0.39, 0.29) is 11.8 Å². The predicted octanol–water partition coefficient (Wildman–Crippen LogP) is 5.13. The number of nitrogens with one attached hydrogen (secondary N) is 3. The van der Waals surface area contributed by atoms with Gasteiger partial charge in [0.2, 0.25) is 12.3 Å². The van der Waals surface area contributed by atoms with Crippen molar-refractivity contribution in [3.05, 3.63) is 59.8 Å². The molecule has 0 aliphatic carbocycles. The number of thiophene rings is 1. The van der Waals surface area contributed by atoms with Crippen LogP contribution in [0.2, 0.25) is 0 Å². The summed E-state index contributed by atoms with van der Waals surface area (Å²) < 4.78 is 0. The van der Waals surface area contributed by atoms with Gasteiger partial charge in [0.05, 0.1) is 11.4 Å². The fourth-order valence-corrected chi connectivity index (χ4v) is 3.98. The van der Waals surface area contributed by atoms with Crippen LogP contribution in [-0.2, 0) is 9.59 Å². The second-order valence-electron chi connectivity index (χ2n) is 6.91. The Morgan fingerprint density at radius 3 is 2.31 bits per heavy atom. The number of aryl methyl sites for hydroxylation is 1. The minimum atomic E-state index is 0.0115. The highest BCUT2D eigenvalue weighted by Gasteiger charge is 2.25. The molecule has 1 fully saturated rings. The number of anilines is 4. The second-order valence-corrected chi connectivity index (χ2v) is 8.03. The van der Waals surface area contributed by atoms with Crippen LogP contribution in [0.25, 0.3) is 0 Å². The highest BCUT2D eigenvalue weighted by atomic mass is 32.1. The molecule has 1 saturated heterocycles. The van der Waals surface area contributed by atoms with Gasteiger partial charge in [0.25, 0.3) is 0 Å². The van der Waals surface area contributed by atoms with Gasteiger partial charge in [0, 0.05) is 47.7 Å². The van der Waals surface area contributed by atoms with Crippen molar-refractivity contribution in [2.24, 2.45) is 5.92 Å². The number of rotatable bonds is 7. The Morgan fingerprint density at radius 1 is 1.16 bits per heavy atom. The summed E-state index contributed by atoms with van der Waals surface area (Å²) in [5, 5.41) is 10.8. The normalized spacial score (nSPS) is 12.7. The zero-order valence-electron chi connectivity index (χ0n) is 18.8. The van der Waals surface area contributed by atoms with Crippen molar-refractivity contribution in [3.8, 4) is 12.8 Å². The molecule has 6 nitrogen and oxygen atoms in total. The van der Waals surface area contributed by atoms with Crippen LogP contribution in [0.4, 0.5) is 22.7 Å². The van der Waals surface area contributed by atoms with E-state index in [2.05, 4.69) is 65.2 Å². The van der Waals surface area contributed by atoms with Gasteiger partial charge in [-0.2, -0.15) is 0 Å². The van der Waals surface area contributed by atoms with E-state index >= 15 is 0 Å². The summed E-state index contributed by atoms with van der Waals surface area (Å²) in [6, 6.07) is 7.64. The number of amides is 2. The molecule has 3 rings (SSSR count). The number of benzene rings is 1. The molecule has 0 radical (unpaired) electrons. The molecule has 0 spiro atoms. The average molecular weight is 453 g/mol. The van der Waals surface area contributed by atoms with E-state index in [1.807, 2.05) is 12.1 Å². The van der Waals surface area contributed by atoms with Crippen molar-refractivity contribution in [2.75, 3.05) is 41.0 Å². The van der Waals surface area contributed by atoms with E-state index in [9.17, 15) is 9.59 Å². The molecule has 32 heavy (non-hydrogen) atoms. The van der Waals surface area contributed by atoms with Crippen LogP contribution < -0.4 is 20.9 Å². The lowest BCUT2D eigenvalue weighted by Gasteiger charge is -2.32. The Balaban J connectivity index is 0.000000769. The molecule has 2 amide bonds. The zero-order valence-corrected chi connectivity index (χ0v) is 19.6. The van der Waals surface area contributed by atoms with E-state index in [1.165, 1.54) is 10.6 Å². The van der Waals surface area contributed by atoms with Crippen LogP contribution in [0.15, 0.2) is 55.0 Å². The molecule has 0 bridgehead atoms. The van der Waals surface area contributed by atoms with Crippen molar-refractivity contribution in [3.63, 3.8) is 0 Å². The van der Waals surface area contributed by atoms with Crippen molar-refractivity contribution in [1.82, 2.24) is 0 Å². The number of terminal acetylenes is 1. The van der Waals surface area contributed by atoms with Crippen molar-refractivity contribution in [1.29, 1.82) is 0 Å². The largest absolute Gasteiger partial charge is 0.386 e. The van der Waals surface area contributed by atoms with Crippen molar-refractivity contribution < 1.29 is 9.59 Å². The minimum absolute atomic E-state index is 0.0115. The molecule has 3 N–H and O–H groups in total. The molecule has 1 aliphatic heterocycles. The molecule has 1 aromatic carbocycles. The first-order valence-electron chi connectivity index (χ1n) is 10.2. The lowest BCUT2D eigenvalue weighted by molar-refractivity contribution is -0.120. The van der Waals surface area contributed by atoms with E-state index in [4.69, 9.17) is 0 Å². The van der Waals surface area contributed by atoms with Gasteiger partial charge in [-0.3, -0.25) is 9.59 Å². The monoisotopic (exact) mass is 452 g/mol. The molecule has 170 valence electrons. The van der Waals surface area contributed by atoms with Crippen LogP contribution in [-0.4, -0.2) is 32.5 Å². The number of nitrogens with zero attached hydrogens (tertiary/aromatic N) is 1. The number of carbonyl (C=O) groups is 2. The number of hydrogen-bond acceptors (Lipinski definition) is 5. The fraction of sp³-hybridized carbons (Fsp3) is 0.280. The van der Waals surface area contributed by atoms with Gasteiger partial charge in [0.1, 0.15) is 0 Å². The Bertz CT molecular complexity index is 906. The van der Waals surface area contributed by atoms with Gasteiger partial charge >= 0.3 is 0 Å². The Kier molecular flexibility index (Phi) is 12.0. The van der Waals surface area contributed by atoms with E-state index in [0.717, 1.165) is 31.6 Å². The quantitative estimate of drug-likeness (QED) is 0.309. The maximum atomic E-state index is 12.6. The van der Waals surface area contributed by atoms with E-state index in [1.54, 1.807) is 36.6 Å². The third kappa shape index (κ3) is 7.97. The van der Waals surface area contributed by atoms with Gasteiger partial charge in [-0.1, -0.05) is 25.3 Å². The summed E-state index contributed by atoms with van der Waals surface area (Å²) in [5.41, 5.74) is 3.39. The maximum absolute atomic E-state index is 12.6. The highest BCUT2D eigenvalue weighted by Crippen LogP contribution is 2.29. The third-order valence-electron chi connectivity index (χ3n) is 4.89. The summed E-state index contributed by atoms with van der Waals surface area (Å²) in [6.45, 7) is 10.6. The summed E-state index contributed by atoms with van der Waals surface area (Å²) in [5.74, 6) is 0.0536. The molecular weight excluding hydrogens is 420 g/mol. The summed E-state index contributed by atoms with van der Waals surface area (Å²) in [4.78, 5) is 27.0. The first kappa shape index (κ1) is 26.5. The first-order chi connectivity index (χ1) is 15.5. The lowest BCUT2D eigenvalue weighted by atomic mass is 9.95. The number of carbonyl (C=O) groups excluding carboxylic acids is 2. The summed E-state index contributed by atoms with van der Waals surface area (Å²) in [6.07, 6.45) is 13.6. The lowest BCUT2D eigenvalue weighted by Crippen LogP contribution is -2.38. The topological polar surface area (TPSA) is 73.5 Å². The number of piperidine rings is 1. The van der Waals surface area contributed by atoms with Gasteiger partial charge in [0.15, 0.2) is 0 Å². The van der Waals surface area contributed by atoms with Crippen LogP contribution in [0.3, 0.4) is 0 Å². The van der Waals surface area contributed by atoms with Gasteiger partial charge < -0.3 is 20.9 Å². The van der Waals surface area contributed by atoms with E-state index < -0.39 is 0 Å². The summed E-state index contributed by atoms with van der Waals surface area (Å²) >= 11 is 1.76.